The zero-order valence-electron chi connectivity index (χ0n) is 12.1. The largest absolute Gasteiger partial charge is 0.493 e. The first-order chi connectivity index (χ1) is 10.3. The van der Waals surface area contributed by atoms with Crippen LogP contribution < -0.4 is 15.2 Å². The van der Waals surface area contributed by atoms with Crippen LogP contribution in [-0.2, 0) is 12.8 Å². The molecular weight excluding hydrogens is 262 g/mol. The molecule has 0 spiro atoms. The van der Waals surface area contributed by atoms with Gasteiger partial charge in [0.1, 0.15) is 18.1 Å². The summed E-state index contributed by atoms with van der Waals surface area (Å²) in [6.45, 7) is 1.90. The van der Waals surface area contributed by atoms with Crippen LogP contribution in [0.3, 0.4) is 0 Å². The van der Waals surface area contributed by atoms with Crippen molar-refractivity contribution in [3.8, 4) is 11.5 Å². The normalized spacial score (nSPS) is 16.9. The van der Waals surface area contributed by atoms with Crippen molar-refractivity contribution in [2.75, 3.05) is 19.8 Å². The molecule has 1 heterocycles. The second-order valence-electron chi connectivity index (χ2n) is 5.47. The van der Waals surface area contributed by atoms with E-state index in [1.807, 2.05) is 18.2 Å². The summed E-state index contributed by atoms with van der Waals surface area (Å²) in [7, 11) is 0. The predicted octanol–water partition coefficient (Wildman–Crippen LogP) is 2.82. The van der Waals surface area contributed by atoms with E-state index in [4.69, 9.17) is 15.2 Å². The molecule has 0 saturated heterocycles. The number of ether oxygens (including phenoxy) is 2. The first-order valence-electron chi connectivity index (χ1n) is 7.47. The van der Waals surface area contributed by atoms with E-state index in [-0.39, 0.29) is 0 Å². The van der Waals surface area contributed by atoms with Gasteiger partial charge in [-0.25, -0.2) is 0 Å². The van der Waals surface area contributed by atoms with Crippen molar-refractivity contribution in [3.05, 3.63) is 59.7 Å². The highest BCUT2D eigenvalue weighted by Crippen LogP contribution is 2.28. The molecule has 0 fully saturated rings. The lowest BCUT2D eigenvalue weighted by Gasteiger charge is -2.25. The summed E-state index contributed by atoms with van der Waals surface area (Å²) < 4.78 is 11.3. The molecule has 3 nitrogen and oxygen atoms in total. The Bertz CT molecular complexity index is 580. The lowest BCUT2D eigenvalue weighted by Crippen LogP contribution is -2.22. The van der Waals surface area contributed by atoms with Gasteiger partial charge in [0.05, 0.1) is 6.61 Å². The van der Waals surface area contributed by atoms with Gasteiger partial charge < -0.3 is 15.2 Å². The first-order valence-corrected chi connectivity index (χ1v) is 7.47. The van der Waals surface area contributed by atoms with E-state index in [9.17, 15) is 0 Å². The van der Waals surface area contributed by atoms with Crippen molar-refractivity contribution in [3.63, 3.8) is 0 Å². The summed E-state index contributed by atoms with van der Waals surface area (Å²) in [5.41, 5.74) is 8.07. The molecule has 2 aromatic carbocycles. The van der Waals surface area contributed by atoms with Crippen molar-refractivity contribution < 1.29 is 9.47 Å². The standard InChI is InChI=1S/C18H21NO2/c19-9-10-20-17-7-5-14(6-8-17)11-15-12-16-3-1-2-4-18(16)21-13-15/h1-8,15H,9-13,19H2/t15-/m1/s1. The predicted molar refractivity (Wildman–Crippen MR) is 83.8 cm³/mol. The Kier molecular flexibility index (Phi) is 4.41. The van der Waals surface area contributed by atoms with Crippen LogP contribution in [0, 0.1) is 5.92 Å². The zero-order valence-corrected chi connectivity index (χ0v) is 12.1. The molecule has 0 aliphatic carbocycles. The number of rotatable bonds is 5. The molecule has 0 bridgehead atoms. The Labute approximate surface area is 125 Å². The minimum atomic E-state index is 0.538. The fourth-order valence-corrected chi connectivity index (χ4v) is 2.75. The highest BCUT2D eigenvalue weighted by atomic mass is 16.5. The monoisotopic (exact) mass is 283 g/mol. The van der Waals surface area contributed by atoms with E-state index in [0.717, 1.165) is 30.9 Å². The Morgan fingerprint density at radius 3 is 2.71 bits per heavy atom. The Balaban J connectivity index is 1.60. The molecule has 1 aliphatic heterocycles. The van der Waals surface area contributed by atoms with Crippen LogP contribution in [0.15, 0.2) is 48.5 Å². The van der Waals surface area contributed by atoms with Gasteiger partial charge >= 0.3 is 0 Å². The number of fused-ring (bicyclic) bond motifs is 1. The van der Waals surface area contributed by atoms with Crippen LogP contribution in [0.5, 0.6) is 11.5 Å². The van der Waals surface area contributed by atoms with Crippen LogP contribution in [0.25, 0.3) is 0 Å². The molecular formula is C18H21NO2. The molecule has 0 saturated carbocycles. The highest BCUT2D eigenvalue weighted by molar-refractivity contribution is 5.35. The summed E-state index contributed by atoms with van der Waals surface area (Å²) in [5.74, 6) is 2.46. The van der Waals surface area contributed by atoms with Crippen molar-refractivity contribution in [1.29, 1.82) is 0 Å². The zero-order chi connectivity index (χ0) is 14.5. The van der Waals surface area contributed by atoms with Gasteiger partial charge in [-0.2, -0.15) is 0 Å². The number of benzene rings is 2. The minimum absolute atomic E-state index is 0.538. The molecule has 21 heavy (non-hydrogen) atoms. The van der Waals surface area contributed by atoms with Crippen molar-refractivity contribution in [2.24, 2.45) is 11.7 Å². The Hall–Kier alpha value is -2.00. The third kappa shape index (κ3) is 3.56. The number of hydrogen-bond acceptors (Lipinski definition) is 3. The molecule has 1 atom stereocenters. The lowest BCUT2D eigenvalue weighted by atomic mass is 9.91. The Morgan fingerprint density at radius 2 is 1.90 bits per heavy atom. The van der Waals surface area contributed by atoms with Gasteiger partial charge in [-0.1, -0.05) is 30.3 Å². The third-order valence-corrected chi connectivity index (χ3v) is 3.79. The van der Waals surface area contributed by atoms with E-state index in [0.29, 0.717) is 19.1 Å². The maximum absolute atomic E-state index is 5.85. The first kappa shape index (κ1) is 14.0. The molecule has 2 aromatic rings. The quantitative estimate of drug-likeness (QED) is 0.917. The summed E-state index contributed by atoms with van der Waals surface area (Å²) in [6, 6.07) is 16.6. The fourth-order valence-electron chi connectivity index (χ4n) is 2.75. The summed E-state index contributed by atoms with van der Waals surface area (Å²) in [6.07, 6.45) is 2.12. The fraction of sp³-hybridized carbons (Fsp3) is 0.333. The van der Waals surface area contributed by atoms with Crippen molar-refractivity contribution in [1.82, 2.24) is 0 Å². The van der Waals surface area contributed by atoms with Crippen LogP contribution in [0.4, 0.5) is 0 Å². The van der Waals surface area contributed by atoms with Crippen molar-refractivity contribution >= 4 is 0 Å². The maximum atomic E-state index is 5.85. The molecule has 1 aliphatic rings. The van der Waals surface area contributed by atoms with Gasteiger partial charge in [0.25, 0.3) is 0 Å². The second kappa shape index (κ2) is 6.64. The van der Waals surface area contributed by atoms with Gasteiger partial charge in [-0.3, -0.25) is 0 Å². The lowest BCUT2D eigenvalue weighted by molar-refractivity contribution is 0.221. The molecule has 0 aromatic heterocycles. The molecule has 0 unspecified atom stereocenters. The number of para-hydroxylation sites is 1. The SMILES string of the molecule is NCCOc1ccc(C[C@H]2COc3ccccc3C2)cc1. The maximum Gasteiger partial charge on any atom is 0.122 e. The van der Waals surface area contributed by atoms with E-state index in [1.165, 1.54) is 11.1 Å². The Morgan fingerprint density at radius 1 is 1.10 bits per heavy atom. The van der Waals surface area contributed by atoms with Crippen LogP contribution in [0.1, 0.15) is 11.1 Å². The smallest absolute Gasteiger partial charge is 0.122 e. The molecule has 0 amide bonds. The van der Waals surface area contributed by atoms with Crippen molar-refractivity contribution in [2.45, 2.75) is 12.8 Å². The molecule has 110 valence electrons. The number of nitrogens with two attached hydrogens (primary N) is 1. The molecule has 0 radical (unpaired) electrons. The average molecular weight is 283 g/mol. The summed E-state index contributed by atoms with van der Waals surface area (Å²) in [4.78, 5) is 0. The summed E-state index contributed by atoms with van der Waals surface area (Å²) >= 11 is 0. The van der Waals surface area contributed by atoms with E-state index in [1.54, 1.807) is 0 Å². The van der Waals surface area contributed by atoms with Gasteiger partial charge in [0.15, 0.2) is 0 Å². The van der Waals surface area contributed by atoms with Gasteiger partial charge in [-0.15, -0.1) is 0 Å². The van der Waals surface area contributed by atoms with E-state index >= 15 is 0 Å². The van der Waals surface area contributed by atoms with Gasteiger partial charge in [0.2, 0.25) is 0 Å². The van der Waals surface area contributed by atoms with Gasteiger partial charge in [-0.05, 0) is 42.2 Å². The molecule has 3 heteroatoms. The van der Waals surface area contributed by atoms with Crippen LogP contribution in [0.2, 0.25) is 0 Å². The van der Waals surface area contributed by atoms with Crippen LogP contribution >= 0.6 is 0 Å². The molecule has 3 rings (SSSR count). The average Bonchev–Trinajstić information content (AvgIpc) is 2.54. The third-order valence-electron chi connectivity index (χ3n) is 3.79. The second-order valence-corrected chi connectivity index (χ2v) is 5.47. The topological polar surface area (TPSA) is 44.5 Å². The highest BCUT2D eigenvalue weighted by Gasteiger charge is 2.19. The van der Waals surface area contributed by atoms with E-state index < -0.39 is 0 Å². The number of hydrogen-bond donors (Lipinski definition) is 1. The van der Waals surface area contributed by atoms with E-state index in [2.05, 4.69) is 30.3 Å². The minimum Gasteiger partial charge on any atom is -0.493 e. The van der Waals surface area contributed by atoms with Crippen LogP contribution in [-0.4, -0.2) is 19.8 Å². The van der Waals surface area contributed by atoms with Gasteiger partial charge in [0, 0.05) is 12.5 Å². The summed E-state index contributed by atoms with van der Waals surface area (Å²) in [5, 5.41) is 0. The molecule has 2 N–H and O–H groups in total.